The zero-order chi connectivity index (χ0) is 17.3. The van der Waals surface area contributed by atoms with E-state index in [2.05, 4.69) is 22.4 Å². The summed E-state index contributed by atoms with van der Waals surface area (Å²) in [5.74, 6) is -0.231. The van der Waals surface area contributed by atoms with E-state index in [0.29, 0.717) is 17.6 Å². The fourth-order valence-electron chi connectivity index (χ4n) is 3.64. The molecule has 25 heavy (non-hydrogen) atoms. The van der Waals surface area contributed by atoms with E-state index in [0.717, 1.165) is 18.2 Å². The molecule has 0 saturated heterocycles. The Morgan fingerprint density at radius 2 is 1.76 bits per heavy atom. The quantitative estimate of drug-likeness (QED) is 0.769. The van der Waals surface area contributed by atoms with Gasteiger partial charge in [-0.05, 0) is 35.9 Å². The van der Waals surface area contributed by atoms with Crippen LogP contribution in [0, 0.1) is 0 Å². The fourth-order valence-corrected chi connectivity index (χ4v) is 3.64. The van der Waals surface area contributed by atoms with Gasteiger partial charge < -0.3 is 10.3 Å². The van der Waals surface area contributed by atoms with Crippen molar-refractivity contribution >= 4 is 16.7 Å². The summed E-state index contributed by atoms with van der Waals surface area (Å²) in [7, 11) is 0. The highest BCUT2D eigenvalue weighted by Gasteiger charge is 2.38. The van der Waals surface area contributed by atoms with Crippen molar-refractivity contribution in [2.24, 2.45) is 0 Å². The number of fused-ring (bicyclic) bond motifs is 1. The number of carbonyl (C=O) groups is 1. The van der Waals surface area contributed by atoms with Crippen LogP contribution < -0.4 is 10.9 Å². The molecule has 1 heterocycles. The van der Waals surface area contributed by atoms with Crippen LogP contribution in [0.25, 0.3) is 10.8 Å². The smallest absolute Gasteiger partial charge is 0.267 e. The van der Waals surface area contributed by atoms with Crippen LogP contribution in [0.2, 0.25) is 0 Å². The number of benzene rings is 2. The second-order valence-corrected chi connectivity index (χ2v) is 6.78. The van der Waals surface area contributed by atoms with Crippen molar-refractivity contribution < 1.29 is 4.79 Å². The zero-order valence-corrected chi connectivity index (χ0v) is 13.9. The summed E-state index contributed by atoms with van der Waals surface area (Å²) >= 11 is 0. The van der Waals surface area contributed by atoms with Crippen molar-refractivity contribution in [3.63, 3.8) is 0 Å². The number of hydrogen-bond acceptors (Lipinski definition) is 2. The Kier molecular flexibility index (Phi) is 3.88. The Bertz CT molecular complexity index is 972. The van der Waals surface area contributed by atoms with Crippen LogP contribution in [0.1, 0.15) is 35.3 Å². The Morgan fingerprint density at radius 3 is 2.48 bits per heavy atom. The first-order chi connectivity index (χ1) is 12.2. The molecular formula is C21H20N2O2. The van der Waals surface area contributed by atoms with Gasteiger partial charge in [0, 0.05) is 17.3 Å². The second-order valence-electron chi connectivity index (χ2n) is 6.78. The number of pyridine rings is 1. The molecule has 126 valence electrons. The standard InChI is InChI=1S/C21H20N2O2/c24-19-17-10-5-4-7-15(17)13-18(23-19)20(25)22-14-21(11-6-12-21)16-8-2-1-3-9-16/h1-5,7-10,13H,6,11-12,14H2,(H,22,25)(H,23,24). The molecule has 0 unspecified atom stereocenters. The number of rotatable bonds is 4. The molecule has 2 N–H and O–H groups in total. The Hall–Kier alpha value is -2.88. The van der Waals surface area contributed by atoms with E-state index in [1.165, 1.54) is 12.0 Å². The summed E-state index contributed by atoms with van der Waals surface area (Å²) in [6, 6.07) is 19.4. The average Bonchev–Trinajstić information content (AvgIpc) is 2.61. The molecule has 4 rings (SSSR count). The number of amides is 1. The number of aromatic amines is 1. The van der Waals surface area contributed by atoms with Gasteiger partial charge in [0.15, 0.2) is 0 Å². The minimum absolute atomic E-state index is 0.0219. The summed E-state index contributed by atoms with van der Waals surface area (Å²) in [5, 5.41) is 4.39. The van der Waals surface area contributed by atoms with Crippen LogP contribution in [0.15, 0.2) is 65.5 Å². The van der Waals surface area contributed by atoms with Crippen LogP contribution in [0.3, 0.4) is 0 Å². The van der Waals surface area contributed by atoms with Crippen LogP contribution in [-0.4, -0.2) is 17.4 Å². The molecular weight excluding hydrogens is 312 g/mol. The van der Waals surface area contributed by atoms with E-state index in [-0.39, 0.29) is 16.9 Å². The van der Waals surface area contributed by atoms with Gasteiger partial charge in [-0.15, -0.1) is 0 Å². The van der Waals surface area contributed by atoms with Gasteiger partial charge in [0.05, 0.1) is 0 Å². The van der Waals surface area contributed by atoms with E-state index < -0.39 is 0 Å². The number of H-pyrrole nitrogens is 1. The topological polar surface area (TPSA) is 62.0 Å². The van der Waals surface area contributed by atoms with Gasteiger partial charge >= 0.3 is 0 Å². The average molecular weight is 332 g/mol. The predicted octanol–water partition coefficient (Wildman–Crippen LogP) is 3.38. The van der Waals surface area contributed by atoms with Crippen molar-refractivity contribution in [2.75, 3.05) is 6.54 Å². The molecule has 4 nitrogen and oxygen atoms in total. The monoisotopic (exact) mass is 332 g/mol. The molecule has 1 fully saturated rings. The number of hydrogen-bond donors (Lipinski definition) is 2. The van der Waals surface area contributed by atoms with Gasteiger partial charge in [-0.25, -0.2) is 0 Å². The van der Waals surface area contributed by atoms with Crippen LogP contribution >= 0.6 is 0 Å². The summed E-state index contributed by atoms with van der Waals surface area (Å²) in [6.07, 6.45) is 3.33. The minimum Gasteiger partial charge on any atom is -0.350 e. The lowest BCUT2D eigenvalue weighted by molar-refractivity contribution is 0.0923. The molecule has 1 aromatic heterocycles. The first kappa shape index (κ1) is 15.6. The van der Waals surface area contributed by atoms with Crippen molar-refractivity contribution in [1.29, 1.82) is 0 Å². The molecule has 0 spiro atoms. The number of aromatic nitrogens is 1. The summed E-state index contributed by atoms with van der Waals surface area (Å²) in [5.41, 5.74) is 1.37. The maximum Gasteiger partial charge on any atom is 0.267 e. The summed E-state index contributed by atoms with van der Waals surface area (Å²) in [4.78, 5) is 27.4. The molecule has 0 aliphatic heterocycles. The lowest BCUT2D eigenvalue weighted by Gasteiger charge is -2.42. The summed E-state index contributed by atoms with van der Waals surface area (Å²) in [6.45, 7) is 0.588. The number of carbonyl (C=O) groups excluding carboxylic acids is 1. The van der Waals surface area contributed by atoms with E-state index in [1.54, 1.807) is 12.1 Å². The zero-order valence-electron chi connectivity index (χ0n) is 13.9. The largest absolute Gasteiger partial charge is 0.350 e. The Labute approximate surface area is 145 Å². The van der Waals surface area contributed by atoms with Crippen molar-refractivity contribution in [1.82, 2.24) is 10.3 Å². The van der Waals surface area contributed by atoms with Gasteiger partial charge in [-0.2, -0.15) is 0 Å². The molecule has 2 aromatic carbocycles. The van der Waals surface area contributed by atoms with Crippen molar-refractivity contribution in [2.45, 2.75) is 24.7 Å². The van der Waals surface area contributed by atoms with E-state index >= 15 is 0 Å². The van der Waals surface area contributed by atoms with Gasteiger partial charge in [-0.3, -0.25) is 9.59 Å². The highest BCUT2D eigenvalue weighted by Crippen LogP contribution is 2.43. The van der Waals surface area contributed by atoms with Gasteiger partial charge in [-0.1, -0.05) is 55.0 Å². The maximum absolute atomic E-state index is 12.6. The lowest BCUT2D eigenvalue weighted by atomic mass is 9.64. The molecule has 1 amide bonds. The summed E-state index contributed by atoms with van der Waals surface area (Å²) < 4.78 is 0. The van der Waals surface area contributed by atoms with Gasteiger partial charge in [0.1, 0.15) is 5.69 Å². The van der Waals surface area contributed by atoms with Crippen LogP contribution in [-0.2, 0) is 5.41 Å². The van der Waals surface area contributed by atoms with Crippen molar-refractivity contribution in [3.8, 4) is 0 Å². The fraction of sp³-hybridized carbons (Fsp3) is 0.238. The first-order valence-corrected chi connectivity index (χ1v) is 8.64. The number of nitrogens with one attached hydrogen (secondary N) is 2. The van der Waals surface area contributed by atoms with Gasteiger partial charge in [0.25, 0.3) is 11.5 Å². The third-order valence-corrected chi connectivity index (χ3v) is 5.28. The van der Waals surface area contributed by atoms with E-state index in [9.17, 15) is 9.59 Å². The molecule has 1 aliphatic rings. The molecule has 0 bridgehead atoms. The molecule has 0 atom stereocenters. The second kappa shape index (κ2) is 6.20. The molecule has 1 saturated carbocycles. The van der Waals surface area contributed by atoms with Crippen LogP contribution in [0.5, 0.6) is 0 Å². The minimum atomic E-state index is -0.232. The first-order valence-electron chi connectivity index (χ1n) is 8.64. The molecule has 4 heteroatoms. The van der Waals surface area contributed by atoms with Crippen molar-refractivity contribution in [3.05, 3.63) is 82.3 Å². The van der Waals surface area contributed by atoms with E-state index in [4.69, 9.17) is 0 Å². The Balaban J connectivity index is 1.55. The predicted molar refractivity (Wildman–Crippen MR) is 98.9 cm³/mol. The van der Waals surface area contributed by atoms with Crippen LogP contribution in [0.4, 0.5) is 0 Å². The van der Waals surface area contributed by atoms with Gasteiger partial charge in [0.2, 0.25) is 0 Å². The third-order valence-electron chi connectivity index (χ3n) is 5.28. The molecule has 0 radical (unpaired) electrons. The maximum atomic E-state index is 12.6. The lowest BCUT2D eigenvalue weighted by Crippen LogP contribution is -2.45. The Morgan fingerprint density at radius 1 is 1.04 bits per heavy atom. The normalized spacial score (nSPS) is 15.5. The van der Waals surface area contributed by atoms with E-state index in [1.807, 2.05) is 36.4 Å². The highest BCUT2D eigenvalue weighted by atomic mass is 16.2. The molecule has 3 aromatic rings. The highest BCUT2D eigenvalue weighted by molar-refractivity contribution is 5.96. The molecule has 1 aliphatic carbocycles. The third kappa shape index (κ3) is 2.84. The SMILES string of the molecule is O=C(NCC1(c2ccccc2)CCC1)c1cc2ccccc2c(=O)[nH]1.